The van der Waals surface area contributed by atoms with Crippen molar-refractivity contribution >= 4 is 23.4 Å². The van der Waals surface area contributed by atoms with Crippen molar-refractivity contribution in [3.63, 3.8) is 0 Å². The summed E-state index contributed by atoms with van der Waals surface area (Å²) in [5.74, 6) is -0.456. The molecule has 0 saturated heterocycles. The Morgan fingerprint density at radius 3 is 2.61 bits per heavy atom. The van der Waals surface area contributed by atoms with Gasteiger partial charge in [0, 0.05) is 23.2 Å². The highest BCUT2D eigenvalue weighted by molar-refractivity contribution is 6.31. The first-order valence-corrected chi connectivity index (χ1v) is 10.9. The van der Waals surface area contributed by atoms with Gasteiger partial charge >= 0.3 is 0 Å². The van der Waals surface area contributed by atoms with Crippen molar-refractivity contribution in [3.05, 3.63) is 64.4 Å². The fraction of sp³-hybridized carbons (Fsp3) is 0.417. The number of hydrogen-bond donors (Lipinski definition) is 1. The maximum Gasteiger partial charge on any atom is 0.242 e. The van der Waals surface area contributed by atoms with Crippen molar-refractivity contribution in [1.82, 2.24) is 10.2 Å². The number of hydrogen-bond acceptors (Lipinski definition) is 3. The summed E-state index contributed by atoms with van der Waals surface area (Å²) in [7, 11) is 1.57. The fourth-order valence-electron chi connectivity index (χ4n) is 3.90. The predicted octanol–water partition coefficient (Wildman–Crippen LogP) is 4.51. The zero-order valence-electron chi connectivity index (χ0n) is 17.9. The van der Waals surface area contributed by atoms with E-state index in [4.69, 9.17) is 16.3 Å². The minimum absolute atomic E-state index is 0.133. The third-order valence-electron chi connectivity index (χ3n) is 5.75. The molecule has 0 radical (unpaired) electrons. The van der Waals surface area contributed by atoms with Gasteiger partial charge in [-0.15, -0.1) is 0 Å². The molecule has 0 aromatic heterocycles. The van der Waals surface area contributed by atoms with E-state index in [-0.39, 0.29) is 41.4 Å². The van der Waals surface area contributed by atoms with Gasteiger partial charge < -0.3 is 15.0 Å². The summed E-state index contributed by atoms with van der Waals surface area (Å²) in [4.78, 5) is 27.6. The highest BCUT2D eigenvalue weighted by Gasteiger charge is 2.29. The van der Waals surface area contributed by atoms with Crippen LogP contribution in [0, 0.1) is 5.82 Å². The number of halogens is 2. The molecule has 1 aliphatic carbocycles. The molecule has 1 N–H and O–H groups in total. The molecule has 0 spiro atoms. The average molecular weight is 447 g/mol. The second kappa shape index (κ2) is 10.6. The van der Waals surface area contributed by atoms with Crippen LogP contribution in [0.4, 0.5) is 4.39 Å². The molecule has 166 valence electrons. The van der Waals surface area contributed by atoms with Gasteiger partial charge in [0.2, 0.25) is 11.8 Å². The number of benzene rings is 2. The zero-order chi connectivity index (χ0) is 22.4. The van der Waals surface area contributed by atoms with Crippen LogP contribution >= 0.6 is 11.6 Å². The van der Waals surface area contributed by atoms with Gasteiger partial charge in [-0.3, -0.25) is 9.59 Å². The summed E-state index contributed by atoms with van der Waals surface area (Å²) in [6.45, 7) is 1.90. The average Bonchev–Trinajstić information content (AvgIpc) is 3.27. The second-order valence-corrected chi connectivity index (χ2v) is 8.32. The molecule has 1 saturated carbocycles. The number of rotatable bonds is 8. The molecule has 7 heteroatoms. The van der Waals surface area contributed by atoms with Gasteiger partial charge in [-0.05, 0) is 49.6 Å². The maximum absolute atomic E-state index is 14.3. The number of nitrogens with one attached hydrogen (secondary N) is 1. The first-order valence-electron chi connectivity index (χ1n) is 10.5. The Morgan fingerprint density at radius 1 is 1.23 bits per heavy atom. The number of methoxy groups -OCH3 is 1. The molecule has 5 nitrogen and oxygen atoms in total. The predicted molar refractivity (Wildman–Crippen MR) is 119 cm³/mol. The summed E-state index contributed by atoms with van der Waals surface area (Å²) in [5.41, 5.74) is 0.945. The number of amides is 2. The lowest BCUT2D eigenvalue weighted by Crippen LogP contribution is -2.50. The standard InChI is InChI=1S/C24H28ClFN2O3/c1-16(24(30)27-18-8-3-4-9-18)28(15-17-7-5-10-19(13-17)31-2)23(29)14-20-21(25)11-6-12-22(20)26/h5-7,10-13,16,18H,3-4,8-9,14-15H2,1-2H3,(H,27,30). The molecule has 0 heterocycles. The van der Waals surface area contributed by atoms with Crippen molar-refractivity contribution in [3.8, 4) is 5.75 Å². The molecule has 0 bridgehead atoms. The normalized spacial score (nSPS) is 14.8. The van der Waals surface area contributed by atoms with Crippen LogP contribution in [0.2, 0.25) is 5.02 Å². The summed E-state index contributed by atoms with van der Waals surface area (Å²) in [6.07, 6.45) is 3.87. The van der Waals surface area contributed by atoms with E-state index in [0.717, 1.165) is 31.2 Å². The van der Waals surface area contributed by atoms with Gasteiger partial charge in [0.15, 0.2) is 0 Å². The molecule has 2 aromatic rings. The molecule has 31 heavy (non-hydrogen) atoms. The van der Waals surface area contributed by atoms with Crippen molar-refractivity contribution in [2.24, 2.45) is 0 Å². The minimum Gasteiger partial charge on any atom is -0.497 e. The van der Waals surface area contributed by atoms with E-state index in [1.54, 1.807) is 20.1 Å². The molecule has 1 fully saturated rings. The van der Waals surface area contributed by atoms with E-state index < -0.39 is 11.9 Å². The molecule has 2 amide bonds. The van der Waals surface area contributed by atoms with Crippen LogP contribution in [0.3, 0.4) is 0 Å². The summed E-state index contributed by atoms with van der Waals surface area (Å²) in [6, 6.07) is 11.1. The lowest BCUT2D eigenvalue weighted by Gasteiger charge is -2.30. The number of nitrogens with zero attached hydrogens (tertiary/aromatic N) is 1. The summed E-state index contributed by atoms with van der Waals surface area (Å²) >= 11 is 6.13. The van der Waals surface area contributed by atoms with Crippen molar-refractivity contribution < 1.29 is 18.7 Å². The molecule has 1 aliphatic rings. The van der Waals surface area contributed by atoms with Gasteiger partial charge in [0.1, 0.15) is 17.6 Å². The number of carbonyl (C=O) groups excluding carboxylic acids is 2. The lowest BCUT2D eigenvalue weighted by molar-refractivity contribution is -0.140. The van der Waals surface area contributed by atoms with Crippen LogP contribution in [0.25, 0.3) is 0 Å². The minimum atomic E-state index is -0.718. The smallest absolute Gasteiger partial charge is 0.242 e. The molecule has 2 aromatic carbocycles. The quantitative estimate of drug-likeness (QED) is 0.649. The van der Waals surface area contributed by atoms with E-state index in [0.29, 0.717) is 5.75 Å². The van der Waals surface area contributed by atoms with Gasteiger partial charge in [0.05, 0.1) is 13.5 Å². The van der Waals surface area contributed by atoms with Crippen LogP contribution in [0.15, 0.2) is 42.5 Å². The zero-order valence-corrected chi connectivity index (χ0v) is 18.6. The third-order valence-corrected chi connectivity index (χ3v) is 6.10. The first-order chi connectivity index (χ1) is 14.9. The van der Waals surface area contributed by atoms with E-state index in [1.165, 1.54) is 17.0 Å². The molecule has 0 aliphatic heterocycles. The molecule has 3 rings (SSSR count). The summed E-state index contributed by atoms with van der Waals surface area (Å²) in [5, 5.41) is 3.24. The van der Waals surface area contributed by atoms with E-state index >= 15 is 0 Å². The highest BCUT2D eigenvalue weighted by Crippen LogP contribution is 2.23. The van der Waals surface area contributed by atoms with Crippen LogP contribution in [-0.2, 0) is 22.6 Å². The van der Waals surface area contributed by atoms with Crippen LogP contribution in [-0.4, -0.2) is 35.9 Å². The second-order valence-electron chi connectivity index (χ2n) is 7.92. The maximum atomic E-state index is 14.3. The Hall–Kier alpha value is -2.60. The topological polar surface area (TPSA) is 58.6 Å². The third kappa shape index (κ3) is 5.97. The Labute approximate surface area is 187 Å². The number of ether oxygens (including phenoxy) is 1. The monoisotopic (exact) mass is 446 g/mol. The molecule has 1 unspecified atom stereocenters. The van der Waals surface area contributed by atoms with Crippen molar-refractivity contribution in [1.29, 1.82) is 0 Å². The molecular formula is C24H28ClFN2O3. The van der Waals surface area contributed by atoms with Crippen LogP contribution in [0.5, 0.6) is 5.75 Å². The Morgan fingerprint density at radius 2 is 1.94 bits per heavy atom. The van der Waals surface area contributed by atoms with Crippen molar-refractivity contribution in [2.75, 3.05) is 7.11 Å². The van der Waals surface area contributed by atoms with Crippen LogP contribution < -0.4 is 10.1 Å². The van der Waals surface area contributed by atoms with Crippen LogP contribution in [0.1, 0.15) is 43.7 Å². The first kappa shape index (κ1) is 23.1. The fourth-order valence-corrected chi connectivity index (χ4v) is 4.13. The Bertz CT molecular complexity index is 911. The van der Waals surface area contributed by atoms with E-state index in [9.17, 15) is 14.0 Å². The van der Waals surface area contributed by atoms with E-state index in [2.05, 4.69) is 5.32 Å². The highest BCUT2D eigenvalue weighted by atomic mass is 35.5. The van der Waals surface area contributed by atoms with Crippen molar-refractivity contribution in [2.45, 2.75) is 57.7 Å². The largest absolute Gasteiger partial charge is 0.497 e. The number of carbonyl (C=O) groups is 2. The van der Waals surface area contributed by atoms with Gasteiger partial charge in [-0.25, -0.2) is 4.39 Å². The SMILES string of the molecule is COc1cccc(CN(C(=O)Cc2c(F)cccc2Cl)C(C)C(=O)NC2CCCC2)c1. The summed E-state index contributed by atoms with van der Waals surface area (Å²) < 4.78 is 19.5. The lowest BCUT2D eigenvalue weighted by atomic mass is 10.1. The molecule has 1 atom stereocenters. The van der Waals surface area contributed by atoms with Gasteiger partial charge in [-0.1, -0.05) is 42.6 Å². The van der Waals surface area contributed by atoms with E-state index in [1.807, 2.05) is 24.3 Å². The Balaban J connectivity index is 1.83. The molecular weight excluding hydrogens is 419 g/mol. The van der Waals surface area contributed by atoms with Gasteiger partial charge in [-0.2, -0.15) is 0 Å². The van der Waals surface area contributed by atoms with Gasteiger partial charge in [0.25, 0.3) is 0 Å². The Kier molecular flexibility index (Phi) is 7.91.